The monoisotopic (exact) mass is 215 g/mol. The van der Waals surface area contributed by atoms with Crippen LogP contribution in [0.25, 0.3) is 0 Å². The van der Waals surface area contributed by atoms with Crippen LogP contribution < -0.4 is 5.32 Å². The van der Waals surface area contributed by atoms with Crippen molar-refractivity contribution in [2.45, 2.75) is 32.4 Å². The average molecular weight is 215 g/mol. The van der Waals surface area contributed by atoms with Gasteiger partial charge in [-0.15, -0.1) is 0 Å². The summed E-state index contributed by atoms with van der Waals surface area (Å²) in [7, 11) is 0. The third kappa shape index (κ3) is 4.20. The predicted octanol–water partition coefficient (Wildman–Crippen LogP) is 0.150. The highest BCUT2D eigenvalue weighted by molar-refractivity contribution is 5.91. The predicted molar refractivity (Wildman–Crippen MR) is 53.9 cm³/mol. The standard InChI is InChI=1S/C10H17NO4/c1-7(5-8(2)12)11-10(13)9-6-14-3-4-15-9/h6-8,12H,3-5H2,1-2H3,(H,11,13). The van der Waals surface area contributed by atoms with E-state index in [4.69, 9.17) is 14.6 Å². The lowest BCUT2D eigenvalue weighted by atomic mass is 10.1. The Morgan fingerprint density at radius 2 is 2.33 bits per heavy atom. The number of aliphatic hydroxyl groups excluding tert-OH is 1. The summed E-state index contributed by atoms with van der Waals surface area (Å²) in [4.78, 5) is 11.5. The molecule has 0 saturated heterocycles. The molecule has 1 aliphatic heterocycles. The van der Waals surface area contributed by atoms with Gasteiger partial charge in [-0.05, 0) is 20.3 Å². The summed E-state index contributed by atoms with van der Waals surface area (Å²) in [6.45, 7) is 4.38. The second kappa shape index (κ2) is 5.60. The van der Waals surface area contributed by atoms with Crippen molar-refractivity contribution in [1.82, 2.24) is 5.32 Å². The van der Waals surface area contributed by atoms with E-state index in [1.807, 2.05) is 6.92 Å². The molecular weight excluding hydrogens is 198 g/mol. The maximum absolute atomic E-state index is 11.5. The summed E-state index contributed by atoms with van der Waals surface area (Å²) in [5.41, 5.74) is 0. The Bertz CT molecular complexity index is 250. The molecule has 5 nitrogen and oxygen atoms in total. The van der Waals surface area contributed by atoms with Crippen LogP contribution in [0.15, 0.2) is 12.0 Å². The molecule has 2 N–H and O–H groups in total. The van der Waals surface area contributed by atoms with Crippen molar-refractivity contribution >= 4 is 5.91 Å². The van der Waals surface area contributed by atoms with Crippen LogP contribution in [0.2, 0.25) is 0 Å². The van der Waals surface area contributed by atoms with Gasteiger partial charge in [-0.25, -0.2) is 0 Å². The first kappa shape index (κ1) is 11.8. The first-order valence-corrected chi connectivity index (χ1v) is 5.03. The van der Waals surface area contributed by atoms with Gasteiger partial charge in [-0.3, -0.25) is 4.79 Å². The lowest BCUT2D eigenvalue weighted by Gasteiger charge is -2.18. The van der Waals surface area contributed by atoms with Crippen LogP contribution in [-0.4, -0.2) is 36.4 Å². The Morgan fingerprint density at radius 3 is 2.87 bits per heavy atom. The maximum atomic E-state index is 11.5. The minimum absolute atomic E-state index is 0.0936. The Labute approximate surface area is 89.1 Å². The summed E-state index contributed by atoms with van der Waals surface area (Å²) < 4.78 is 10.1. The van der Waals surface area contributed by atoms with Gasteiger partial charge in [0.25, 0.3) is 5.91 Å². The van der Waals surface area contributed by atoms with E-state index in [0.29, 0.717) is 19.6 Å². The topological polar surface area (TPSA) is 67.8 Å². The molecule has 0 aliphatic carbocycles. The minimum Gasteiger partial charge on any atom is -0.494 e. The fraction of sp³-hybridized carbons (Fsp3) is 0.700. The maximum Gasteiger partial charge on any atom is 0.289 e. The van der Waals surface area contributed by atoms with Crippen LogP contribution >= 0.6 is 0 Å². The molecule has 0 fully saturated rings. The Kier molecular flexibility index (Phi) is 4.42. The van der Waals surface area contributed by atoms with Crippen molar-refractivity contribution in [2.24, 2.45) is 0 Å². The molecule has 1 amide bonds. The quantitative estimate of drug-likeness (QED) is 0.700. The molecule has 5 heteroatoms. The van der Waals surface area contributed by atoms with Crippen molar-refractivity contribution < 1.29 is 19.4 Å². The van der Waals surface area contributed by atoms with Gasteiger partial charge < -0.3 is 19.9 Å². The molecule has 0 spiro atoms. The average Bonchev–Trinajstić information content (AvgIpc) is 2.17. The number of carbonyl (C=O) groups is 1. The molecule has 86 valence electrons. The molecular formula is C10H17NO4. The Hall–Kier alpha value is -1.23. The van der Waals surface area contributed by atoms with E-state index in [-0.39, 0.29) is 17.7 Å². The number of hydrogen-bond acceptors (Lipinski definition) is 4. The zero-order valence-electron chi connectivity index (χ0n) is 9.03. The first-order valence-electron chi connectivity index (χ1n) is 5.03. The number of nitrogens with one attached hydrogen (secondary N) is 1. The van der Waals surface area contributed by atoms with Gasteiger partial charge in [0.1, 0.15) is 19.5 Å². The number of aliphatic hydroxyl groups is 1. The second-order valence-corrected chi connectivity index (χ2v) is 3.66. The molecule has 2 unspecified atom stereocenters. The molecule has 1 rings (SSSR count). The summed E-state index contributed by atoms with van der Waals surface area (Å²) in [6.07, 6.45) is 1.39. The smallest absolute Gasteiger partial charge is 0.289 e. The van der Waals surface area contributed by atoms with Gasteiger partial charge in [-0.1, -0.05) is 0 Å². The van der Waals surface area contributed by atoms with Crippen LogP contribution in [0.1, 0.15) is 20.3 Å². The number of carbonyl (C=O) groups excluding carboxylic acids is 1. The van der Waals surface area contributed by atoms with E-state index in [2.05, 4.69) is 5.32 Å². The van der Waals surface area contributed by atoms with E-state index >= 15 is 0 Å². The van der Waals surface area contributed by atoms with Gasteiger partial charge in [0.15, 0.2) is 0 Å². The molecule has 1 heterocycles. The lowest BCUT2D eigenvalue weighted by Crippen LogP contribution is -2.36. The number of ether oxygens (including phenoxy) is 2. The largest absolute Gasteiger partial charge is 0.494 e. The molecule has 0 radical (unpaired) electrons. The normalized spacial score (nSPS) is 19.3. The van der Waals surface area contributed by atoms with Gasteiger partial charge in [0.05, 0.1) is 6.10 Å². The van der Waals surface area contributed by atoms with Crippen LogP contribution in [0.3, 0.4) is 0 Å². The van der Waals surface area contributed by atoms with Crippen molar-refractivity contribution in [2.75, 3.05) is 13.2 Å². The number of rotatable bonds is 4. The molecule has 15 heavy (non-hydrogen) atoms. The molecule has 1 aliphatic rings. The molecule has 0 saturated carbocycles. The van der Waals surface area contributed by atoms with Crippen LogP contribution in [0, 0.1) is 0 Å². The van der Waals surface area contributed by atoms with E-state index in [9.17, 15) is 4.79 Å². The van der Waals surface area contributed by atoms with Crippen LogP contribution in [0.4, 0.5) is 0 Å². The highest BCUT2D eigenvalue weighted by Crippen LogP contribution is 2.05. The fourth-order valence-corrected chi connectivity index (χ4v) is 1.35. The van der Waals surface area contributed by atoms with Crippen molar-refractivity contribution in [3.63, 3.8) is 0 Å². The highest BCUT2D eigenvalue weighted by atomic mass is 16.6. The second-order valence-electron chi connectivity index (χ2n) is 3.66. The molecule has 2 atom stereocenters. The van der Waals surface area contributed by atoms with Gasteiger partial charge >= 0.3 is 0 Å². The molecule has 0 aromatic heterocycles. The van der Waals surface area contributed by atoms with Crippen molar-refractivity contribution in [3.05, 3.63) is 12.0 Å². The van der Waals surface area contributed by atoms with Gasteiger partial charge in [0, 0.05) is 6.04 Å². The first-order chi connectivity index (χ1) is 7.09. The van der Waals surface area contributed by atoms with Crippen LogP contribution in [0.5, 0.6) is 0 Å². The molecule has 0 bridgehead atoms. The summed E-state index contributed by atoms with van der Waals surface area (Å²) in [5, 5.41) is 11.8. The van der Waals surface area contributed by atoms with E-state index in [0.717, 1.165) is 0 Å². The molecule has 0 aromatic rings. The van der Waals surface area contributed by atoms with Crippen LogP contribution in [-0.2, 0) is 14.3 Å². The zero-order chi connectivity index (χ0) is 11.3. The molecule has 0 aromatic carbocycles. The van der Waals surface area contributed by atoms with Crippen molar-refractivity contribution in [3.8, 4) is 0 Å². The Morgan fingerprint density at radius 1 is 1.60 bits per heavy atom. The van der Waals surface area contributed by atoms with E-state index < -0.39 is 6.10 Å². The minimum atomic E-state index is -0.433. The van der Waals surface area contributed by atoms with E-state index in [1.165, 1.54) is 6.26 Å². The summed E-state index contributed by atoms with van der Waals surface area (Å²) >= 11 is 0. The zero-order valence-corrected chi connectivity index (χ0v) is 9.03. The summed E-state index contributed by atoms with van der Waals surface area (Å²) in [5.74, 6) is -0.110. The number of hydrogen-bond donors (Lipinski definition) is 2. The third-order valence-corrected chi connectivity index (χ3v) is 1.95. The fourth-order valence-electron chi connectivity index (χ4n) is 1.35. The number of amides is 1. The van der Waals surface area contributed by atoms with Gasteiger partial charge in [-0.2, -0.15) is 0 Å². The Balaban J connectivity index is 2.37. The summed E-state index contributed by atoms with van der Waals surface area (Å²) in [6, 6.07) is -0.0936. The third-order valence-electron chi connectivity index (χ3n) is 1.95. The van der Waals surface area contributed by atoms with Gasteiger partial charge in [0.2, 0.25) is 5.76 Å². The highest BCUT2D eigenvalue weighted by Gasteiger charge is 2.17. The lowest BCUT2D eigenvalue weighted by molar-refractivity contribution is -0.123. The SMILES string of the molecule is CC(O)CC(C)NC(=O)C1=COCCO1. The van der Waals surface area contributed by atoms with E-state index in [1.54, 1.807) is 6.92 Å². The van der Waals surface area contributed by atoms with Crippen molar-refractivity contribution in [1.29, 1.82) is 0 Å².